The number of amides is 2. The molecule has 2 amide bonds. The number of piperidine rings is 1. The Hall–Kier alpha value is -1.88. The normalized spacial score (nSPS) is 25.7. The molecule has 1 aliphatic carbocycles. The molecule has 2 aliphatic heterocycles. The largest absolute Gasteiger partial charge is 0.326 e. The second-order valence-corrected chi connectivity index (χ2v) is 7.06. The predicted molar refractivity (Wildman–Crippen MR) is 89.3 cm³/mol. The lowest BCUT2D eigenvalue weighted by molar-refractivity contribution is -0.118. The molecule has 2 heterocycles. The van der Waals surface area contributed by atoms with Gasteiger partial charge in [-0.1, -0.05) is 6.07 Å². The van der Waals surface area contributed by atoms with Crippen LogP contribution in [0.25, 0.3) is 0 Å². The van der Waals surface area contributed by atoms with Gasteiger partial charge < -0.3 is 15.5 Å². The van der Waals surface area contributed by atoms with Crippen molar-refractivity contribution >= 4 is 23.2 Å². The summed E-state index contributed by atoms with van der Waals surface area (Å²) in [5.74, 6) is 0.461. The third kappa shape index (κ3) is 2.74. The van der Waals surface area contributed by atoms with E-state index >= 15 is 0 Å². The zero-order chi connectivity index (χ0) is 15.9. The molecule has 1 atom stereocenters. The number of hydrogen-bond donors (Lipinski definition) is 2. The highest BCUT2D eigenvalue weighted by Crippen LogP contribution is 2.58. The van der Waals surface area contributed by atoms with Crippen LogP contribution in [-0.2, 0) is 9.59 Å². The molecule has 3 aliphatic rings. The summed E-state index contributed by atoms with van der Waals surface area (Å²) >= 11 is 0. The van der Waals surface area contributed by atoms with Gasteiger partial charge in [0.1, 0.15) is 0 Å². The van der Waals surface area contributed by atoms with Crippen LogP contribution in [0.15, 0.2) is 24.3 Å². The van der Waals surface area contributed by atoms with Gasteiger partial charge in [-0.2, -0.15) is 0 Å². The molecular weight excluding hydrogens is 290 g/mol. The van der Waals surface area contributed by atoms with Crippen molar-refractivity contribution in [3.8, 4) is 0 Å². The SMILES string of the molecule is O=C(Nc1cccc(N2CCCC2=O)c1)C1CC12CCNCC2. The highest BCUT2D eigenvalue weighted by atomic mass is 16.2. The van der Waals surface area contributed by atoms with Gasteiger partial charge in [-0.05, 0) is 62.4 Å². The molecule has 23 heavy (non-hydrogen) atoms. The van der Waals surface area contributed by atoms with E-state index in [2.05, 4.69) is 10.6 Å². The first-order valence-electron chi connectivity index (χ1n) is 8.60. The zero-order valence-corrected chi connectivity index (χ0v) is 13.3. The van der Waals surface area contributed by atoms with E-state index in [0.717, 1.165) is 56.7 Å². The first-order valence-corrected chi connectivity index (χ1v) is 8.60. The van der Waals surface area contributed by atoms with Crippen molar-refractivity contribution in [3.63, 3.8) is 0 Å². The Morgan fingerprint density at radius 2 is 2.13 bits per heavy atom. The van der Waals surface area contributed by atoms with Gasteiger partial charge in [0.25, 0.3) is 0 Å². The highest BCUT2D eigenvalue weighted by Gasteiger charge is 2.57. The Labute approximate surface area is 136 Å². The molecule has 1 saturated carbocycles. The van der Waals surface area contributed by atoms with E-state index in [-0.39, 0.29) is 23.1 Å². The maximum atomic E-state index is 12.5. The van der Waals surface area contributed by atoms with Crippen molar-refractivity contribution in [1.82, 2.24) is 5.32 Å². The standard InChI is InChI=1S/C18H23N3O2/c22-16-5-2-10-21(16)14-4-1-3-13(11-14)20-17(23)15-12-18(15)6-8-19-9-7-18/h1,3-4,11,15,19H,2,5-10,12H2,(H,20,23). The Kier molecular flexibility index (Phi) is 3.60. The van der Waals surface area contributed by atoms with E-state index in [1.54, 1.807) is 4.90 Å². The fourth-order valence-corrected chi connectivity index (χ4v) is 4.10. The van der Waals surface area contributed by atoms with Crippen LogP contribution >= 0.6 is 0 Å². The molecule has 122 valence electrons. The number of carbonyl (C=O) groups excluding carboxylic acids is 2. The lowest BCUT2D eigenvalue weighted by atomic mass is 9.92. The minimum Gasteiger partial charge on any atom is -0.326 e. The maximum Gasteiger partial charge on any atom is 0.228 e. The lowest BCUT2D eigenvalue weighted by Crippen LogP contribution is -2.31. The van der Waals surface area contributed by atoms with Crippen LogP contribution in [0.4, 0.5) is 11.4 Å². The van der Waals surface area contributed by atoms with Crippen LogP contribution in [0.1, 0.15) is 32.1 Å². The monoisotopic (exact) mass is 313 g/mol. The minimum absolute atomic E-state index is 0.136. The van der Waals surface area contributed by atoms with Crippen molar-refractivity contribution < 1.29 is 9.59 Å². The summed E-state index contributed by atoms with van der Waals surface area (Å²) in [6.45, 7) is 2.82. The summed E-state index contributed by atoms with van der Waals surface area (Å²) in [4.78, 5) is 26.2. The van der Waals surface area contributed by atoms with Crippen LogP contribution in [0.3, 0.4) is 0 Å². The van der Waals surface area contributed by atoms with Crippen molar-refractivity contribution in [1.29, 1.82) is 0 Å². The molecule has 5 heteroatoms. The molecule has 1 spiro atoms. The summed E-state index contributed by atoms with van der Waals surface area (Å²) in [6, 6.07) is 7.66. The molecule has 1 unspecified atom stereocenters. The van der Waals surface area contributed by atoms with Crippen molar-refractivity contribution in [3.05, 3.63) is 24.3 Å². The molecule has 2 N–H and O–H groups in total. The maximum absolute atomic E-state index is 12.5. The van der Waals surface area contributed by atoms with Gasteiger partial charge in [-0.15, -0.1) is 0 Å². The number of hydrogen-bond acceptors (Lipinski definition) is 3. The fourth-order valence-electron chi connectivity index (χ4n) is 4.10. The topological polar surface area (TPSA) is 61.4 Å². The predicted octanol–water partition coefficient (Wildman–Crippen LogP) is 2.14. The Balaban J connectivity index is 1.43. The van der Waals surface area contributed by atoms with Crippen LogP contribution < -0.4 is 15.5 Å². The first-order chi connectivity index (χ1) is 11.2. The van der Waals surface area contributed by atoms with Crippen molar-refractivity contribution in [2.24, 2.45) is 11.3 Å². The molecule has 5 nitrogen and oxygen atoms in total. The van der Waals surface area contributed by atoms with Crippen LogP contribution in [0.2, 0.25) is 0 Å². The molecule has 1 aromatic carbocycles. The lowest BCUT2D eigenvalue weighted by Gasteiger charge is -2.23. The highest BCUT2D eigenvalue weighted by molar-refractivity contribution is 5.98. The van der Waals surface area contributed by atoms with Crippen molar-refractivity contribution in [2.75, 3.05) is 29.9 Å². The van der Waals surface area contributed by atoms with E-state index in [0.29, 0.717) is 6.42 Å². The Morgan fingerprint density at radius 1 is 1.30 bits per heavy atom. The van der Waals surface area contributed by atoms with Crippen LogP contribution in [0, 0.1) is 11.3 Å². The van der Waals surface area contributed by atoms with E-state index in [1.807, 2.05) is 24.3 Å². The molecule has 0 aromatic heterocycles. The zero-order valence-electron chi connectivity index (χ0n) is 13.3. The molecule has 3 fully saturated rings. The molecule has 0 bridgehead atoms. The summed E-state index contributed by atoms with van der Waals surface area (Å²) in [6.07, 6.45) is 4.76. The second-order valence-electron chi connectivity index (χ2n) is 7.06. The van der Waals surface area contributed by atoms with Gasteiger partial charge in [-0.25, -0.2) is 0 Å². The first kappa shape index (κ1) is 14.7. The molecule has 2 saturated heterocycles. The third-order valence-corrected chi connectivity index (χ3v) is 5.60. The average molecular weight is 313 g/mol. The van der Waals surface area contributed by atoms with Gasteiger partial charge >= 0.3 is 0 Å². The van der Waals surface area contributed by atoms with E-state index in [4.69, 9.17) is 0 Å². The van der Waals surface area contributed by atoms with Gasteiger partial charge in [0.2, 0.25) is 11.8 Å². The Morgan fingerprint density at radius 3 is 2.87 bits per heavy atom. The number of rotatable bonds is 3. The average Bonchev–Trinajstić information content (AvgIpc) is 3.07. The summed E-state index contributed by atoms with van der Waals surface area (Å²) in [5, 5.41) is 6.42. The molecule has 1 aromatic rings. The smallest absolute Gasteiger partial charge is 0.228 e. The summed E-state index contributed by atoms with van der Waals surface area (Å²) in [7, 11) is 0. The van der Waals surface area contributed by atoms with Gasteiger partial charge in [0.15, 0.2) is 0 Å². The number of carbonyl (C=O) groups is 2. The quantitative estimate of drug-likeness (QED) is 0.899. The summed E-state index contributed by atoms with van der Waals surface area (Å²) in [5.41, 5.74) is 1.93. The second kappa shape index (κ2) is 5.64. The third-order valence-electron chi connectivity index (χ3n) is 5.60. The molecular formula is C18H23N3O2. The summed E-state index contributed by atoms with van der Waals surface area (Å²) < 4.78 is 0. The van der Waals surface area contributed by atoms with Gasteiger partial charge in [0, 0.05) is 30.3 Å². The van der Waals surface area contributed by atoms with Crippen LogP contribution in [-0.4, -0.2) is 31.4 Å². The molecule has 0 radical (unpaired) electrons. The number of nitrogens with one attached hydrogen (secondary N) is 2. The van der Waals surface area contributed by atoms with Gasteiger partial charge in [0.05, 0.1) is 0 Å². The van der Waals surface area contributed by atoms with E-state index in [1.165, 1.54) is 0 Å². The number of anilines is 2. The number of benzene rings is 1. The van der Waals surface area contributed by atoms with Gasteiger partial charge in [-0.3, -0.25) is 9.59 Å². The fraction of sp³-hybridized carbons (Fsp3) is 0.556. The Bertz CT molecular complexity index is 637. The van der Waals surface area contributed by atoms with Crippen LogP contribution in [0.5, 0.6) is 0 Å². The van der Waals surface area contributed by atoms with Crippen molar-refractivity contribution in [2.45, 2.75) is 32.1 Å². The number of nitrogens with zero attached hydrogens (tertiary/aromatic N) is 1. The minimum atomic E-state index is 0.136. The van der Waals surface area contributed by atoms with E-state index < -0.39 is 0 Å². The van der Waals surface area contributed by atoms with E-state index in [9.17, 15) is 9.59 Å². The molecule has 4 rings (SSSR count).